The van der Waals surface area contributed by atoms with Crippen molar-refractivity contribution in [3.8, 4) is 0 Å². The first-order valence-electron chi connectivity index (χ1n) is 8.35. The van der Waals surface area contributed by atoms with E-state index in [2.05, 4.69) is 33.9 Å². The summed E-state index contributed by atoms with van der Waals surface area (Å²) in [6, 6.07) is 19.3. The maximum atomic E-state index is 12.5. The highest BCUT2D eigenvalue weighted by atomic mass is 35.5. The number of thiophene rings is 1. The Morgan fingerprint density at radius 1 is 1.08 bits per heavy atom. The predicted molar refractivity (Wildman–Crippen MR) is 108 cm³/mol. The molecular weight excluding hydrogens is 364 g/mol. The minimum Gasteiger partial charge on any atom is -0.361 e. The molecule has 1 atom stereocenters. The maximum absolute atomic E-state index is 12.5. The third-order valence-corrected chi connectivity index (χ3v) is 5.69. The summed E-state index contributed by atoms with van der Waals surface area (Å²) < 4.78 is 0. The number of nitrogens with one attached hydrogen (secondary N) is 2. The van der Waals surface area contributed by atoms with Crippen LogP contribution in [0.25, 0.3) is 10.9 Å². The van der Waals surface area contributed by atoms with E-state index in [9.17, 15) is 4.79 Å². The molecule has 4 rings (SSSR count). The second-order valence-corrected chi connectivity index (χ2v) is 7.49. The van der Waals surface area contributed by atoms with Crippen LogP contribution in [0.2, 0.25) is 5.02 Å². The van der Waals surface area contributed by atoms with Gasteiger partial charge in [-0.25, -0.2) is 0 Å². The number of halogens is 1. The van der Waals surface area contributed by atoms with Crippen molar-refractivity contribution in [1.29, 1.82) is 0 Å². The Bertz CT molecular complexity index is 1020. The normalized spacial score (nSPS) is 12.2. The number of hydrogen-bond acceptors (Lipinski definition) is 2. The highest BCUT2D eigenvalue weighted by Crippen LogP contribution is 2.32. The van der Waals surface area contributed by atoms with Gasteiger partial charge in [0.25, 0.3) is 5.91 Å². The van der Waals surface area contributed by atoms with E-state index in [0.717, 1.165) is 5.52 Å². The fourth-order valence-corrected chi connectivity index (χ4v) is 4.11. The van der Waals surface area contributed by atoms with Gasteiger partial charge in [0.05, 0.1) is 0 Å². The number of para-hydroxylation sites is 1. The van der Waals surface area contributed by atoms with E-state index < -0.39 is 0 Å². The van der Waals surface area contributed by atoms with Gasteiger partial charge >= 0.3 is 0 Å². The molecule has 4 aromatic rings. The Kier molecular flexibility index (Phi) is 4.78. The van der Waals surface area contributed by atoms with Crippen molar-refractivity contribution in [3.05, 3.63) is 93.3 Å². The standard InChI is InChI=1S/C21H17ClN2OS/c22-15-9-7-14(8-10-15)21(25)24-13-18(20-6-3-11-26-20)17-12-23-19-5-2-1-4-16(17)19/h1-12,18,23H,13H2,(H,24,25)/t18-/m1/s1. The highest BCUT2D eigenvalue weighted by molar-refractivity contribution is 7.10. The number of carbonyl (C=O) groups excluding carboxylic acids is 1. The van der Waals surface area contributed by atoms with E-state index in [1.54, 1.807) is 35.6 Å². The van der Waals surface area contributed by atoms with Crippen molar-refractivity contribution < 1.29 is 4.79 Å². The molecule has 0 aliphatic carbocycles. The van der Waals surface area contributed by atoms with Gasteiger partial charge in [-0.15, -0.1) is 11.3 Å². The number of aromatic amines is 1. The number of carbonyl (C=O) groups is 1. The fraction of sp³-hybridized carbons (Fsp3) is 0.0952. The Morgan fingerprint density at radius 3 is 2.65 bits per heavy atom. The van der Waals surface area contributed by atoms with Crippen LogP contribution in [0.4, 0.5) is 0 Å². The zero-order valence-electron chi connectivity index (χ0n) is 13.9. The molecule has 1 amide bonds. The number of fused-ring (bicyclic) bond motifs is 1. The van der Waals surface area contributed by atoms with Crippen LogP contribution in [-0.4, -0.2) is 17.4 Å². The lowest BCUT2D eigenvalue weighted by Gasteiger charge is -2.16. The molecule has 2 aromatic heterocycles. The van der Waals surface area contributed by atoms with Crippen LogP contribution >= 0.6 is 22.9 Å². The second kappa shape index (κ2) is 7.36. The Labute approximate surface area is 160 Å². The van der Waals surface area contributed by atoms with Gasteiger partial charge in [0.1, 0.15) is 0 Å². The van der Waals surface area contributed by atoms with Crippen LogP contribution in [0, 0.1) is 0 Å². The lowest BCUT2D eigenvalue weighted by molar-refractivity contribution is 0.0952. The van der Waals surface area contributed by atoms with Crippen LogP contribution in [0.1, 0.15) is 26.7 Å². The van der Waals surface area contributed by atoms with Gasteiger partial charge in [-0.2, -0.15) is 0 Å². The number of amides is 1. The van der Waals surface area contributed by atoms with Gasteiger partial charge in [0.2, 0.25) is 0 Å². The van der Waals surface area contributed by atoms with Crippen LogP contribution in [0.5, 0.6) is 0 Å². The van der Waals surface area contributed by atoms with E-state index in [1.165, 1.54) is 15.8 Å². The minimum absolute atomic E-state index is 0.0944. The second-order valence-electron chi connectivity index (χ2n) is 6.07. The van der Waals surface area contributed by atoms with Crippen molar-refractivity contribution in [1.82, 2.24) is 10.3 Å². The van der Waals surface area contributed by atoms with Crippen LogP contribution in [0.15, 0.2) is 72.2 Å². The quantitative estimate of drug-likeness (QED) is 0.475. The van der Waals surface area contributed by atoms with Crippen molar-refractivity contribution in [2.45, 2.75) is 5.92 Å². The minimum atomic E-state index is -0.0944. The first-order chi connectivity index (χ1) is 12.7. The molecule has 0 aliphatic heterocycles. The van der Waals surface area contributed by atoms with Gasteiger partial charge in [0.15, 0.2) is 0 Å². The number of hydrogen-bond donors (Lipinski definition) is 2. The van der Waals surface area contributed by atoms with Gasteiger partial charge in [0, 0.05) is 45.0 Å². The molecule has 130 valence electrons. The fourth-order valence-electron chi connectivity index (χ4n) is 3.13. The average molecular weight is 381 g/mol. The average Bonchev–Trinajstić information content (AvgIpc) is 3.33. The van der Waals surface area contributed by atoms with E-state index in [1.807, 2.05) is 24.4 Å². The summed E-state index contributed by atoms with van der Waals surface area (Å²) in [5, 5.41) is 6.95. The van der Waals surface area contributed by atoms with E-state index in [0.29, 0.717) is 17.1 Å². The molecular formula is C21H17ClN2OS. The Morgan fingerprint density at radius 2 is 1.88 bits per heavy atom. The lowest BCUT2D eigenvalue weighted by atomic mass is 9.96. The molecule has 26 heavy (non-hydrogen) atoms. The number of aromatic nitrogens is 1. The molecule has 0 aliphatic rings. The molecule has 0 unspecified atom stereocenters. The van der Waals surface area contributed by atoms with Crippen molar-refractivity contribution in [3.63, 3.8) is 0 Å². The molecule has 5 heteroatoms. The summed E-state index contributed by atoms with van der Waals surface area (Å²) in [5.74, 6) is 0.00506. The molecule has 0 saturated carbocycles. The topological polar surface area (TPSA) is 44.9 Å². The Balaban J connectivity index is 1.61. The molecule has 0 fully saturated rings. The highest BCUT2D eigenvalue weighted by Gasteiger charge is 2.20. The van der Waals surface area contributed by atoms with E-state index in [-0.39, 0.29) is 11.8 Å². The molecule has 0 radical (unpaired) electrons. The largest absolute Gasteiger partial charge is 0.361 e. The van der Waals surface area contributed by atoms with Gasteiger partial charge in [-0.05, 0) is 47.3 Å². The predicted octanol–water partition coefficient (Wildman–Crippen LogP) is 5.44. The molecule has 0 saturated heterocycles. The monoisotopic (exact) mass is 380 g/mol. The van der Waals surface area contributed by atoms with Gasteiger partial charge in [-0.1, -0.05) is 35.9 Å². The van der Waals surface area contributed by atoms with Crippen LogP contribution < -0.4 is 5.32 Å². The third-order valence-electron chi connectivity index (χ3n) is 4.46. The molecule has 2 aromatic carbocycles. The van der Waals surface area contributed by atoms with Crippen LogP contribution in [0.3, 0.4) is 0 Å². The summed E-state index contributed by atoms with van der Waals surface area (Å²) in [6.07, 6.45) is 2.05. The summed E-state index contributed by atoms with van der Waals surface area (Å²) in [4.78, 5) is 17.1. The summed E-state index contributed by atoms with van der Waals surface area (Å²) in [7, 11) is 0. The van der Waals surface area contributed by atoms with Crippen molar-refractivity contribution in [2.75, 3.05) is 6.54 Å². The summed E-state index contributed by atoms with van der Waals surface area (Å²) in [5.41, 5.74) is 2.91. The Hall–Kier alpha value is -2.56. The van der Waals surface area contributed by atoms with Crippen molar-refractivity contribution in [2.24, 2.45) is 0 Å². The number of H-pyrrole nitrogens is 1. The molecule has 2 N–H and O–H groups in total. The van der Waals surface area contributed by atoms with E-state index >= 15 is 0 Å². The molecule has 3 nitrogen and oxygen atoms in total. The van der Waals surface area contributed by atoms with Crippen molar-refractivity contribution >= 4 is 39.7 Å². The van der Waals surface area contributed by atoms with E-state index in [4.69, 9.17) is 11.6 Å². The van der Waals surface area contributed by atoms with Gasteiger partial charge in [-0.3, -0.25) is 4.79 Å². The smallest absolute Gasteiger partial charge is 0.251 e. The molecule has 0 spiro atoms. The third kappa shape index (κ3) is 3.39. The summed E-state index contributed by atoms with van der Waals surface area (Å²) in [6.45, 7) is 0.532. The number of rotatable bonds is 5. The zero-order chi connectivity index (χ0) is 17.9. The molecule has 0 bridgehead atoms. The maximum Gasteiger partial charge on any atom is 0.251 e. The molecule has 2 heterocycles. The SMILES string of the molecule is O=C(NC[C@@H](c1cccs1)c1c[nH]c2ccccc12)c1ccc(Cl)cc1. The van der Waals surface area contributed by atoms with Crippen LogP contribution in [-0.2, 0) is 0 Å². The summed E-state index contributed by atoms with van der Waals surface area (Å²) >= 11 is 7.61. The first-order valence-corrected chi connectivity index (χ1v) is 9.61. The zero-order valence-corrected chi connectivity index (χ0v) is 15.5. The van der Waals surface area contributed by atoms with Gasteiger partial charge < -0.3 is 10.3 Å². The first kappa shape index (κ1) is 16.9. The number of benzene rings is 2. The lowest BCUT2D eigenvalue weighted by Crippen LogP contribution is -2.28.